The Kier molecular flexibility index (Phi) is 5.65. The molecule has 0 bridgehead atoms. The Balaban J connectivity index is 2.94. The fourth-order valence-corrected chi connectivity index (χ4v) is 0.801. The van der Waals surface area contributed by atoms with E-state index in [1.165, 1.54) is 0 Å². The molecule has 0 aliphatic heterocycles. The Morgan fingerprint density at radius 1 is 1.56 bits per heavy atom. The van der Waals surface area contributed by atoms with E-state index in [1.807, 2.05) is 0 Å². The summed E-state index contributed by atoms with van der Waals surface area (Å²) < 4.78 is 1.03. The molecule has 0 N–H and O–H groups in total. The molecule has 0 heterocycles. The zero-order valence-electron chi connectivity index (χ0n) is 5.36. The van der Waals surface area contributed by atoms with Crippen LogP contribution in [0.4, 0.5) is 0 Å². The SMILES string of the molecule is C=C(Br)CCCCC#N. The standard InChI is InChI=1S/C7H10BrN/c1-7(8)5-3-2-4-6-9/h1-5H2. The summed E-state index contributed by atoms with van der Waals surface area (Å²) in [6, 6.07) is 2.10. The molecule has 0 aromatic rings. The highest BCUT2D eigenvalue weighted by atomic mass is 79.9. The number of rotatable bonds is 4. The second-order valence-corrected chi connectivity index (χ2v) is 3.00. The van der Waals surface area contributed by atoms with Crippen molar-refractivity contribution in [3.8, 4) is 6.07 Å². The molecule has 0 aromatic heterocycles. The van der Waals surface area contributed by atoms with Crippen molar-refractivity contribution in [3.63, 3.8) is 0 Å². The van der Waals surface area contributed by atoms with E-state index < -0.39 is 0 Å². The number of nitriles is 1. The van der Waals surface area contributed by atoms with E-state index in [-0.39, 0.29) is 0 Å². The lowest BCUT2D eigenvalue weighted by Crippen LogP contribution is -1.73. The molecule has 0 saturated carbocycles. The smallest absolute Gasteiger partial charge is 0.0621 e. The van der Waals surface area contributed by atoms with Crippen molar-refractivity contribution in [2.75, 3.05) is 0 Å². The molecule has 9 heavy (non-hydrogen) atoms. The number of allylic oxidation sites excluding steroid dienone is 1. The molecular weight excluding hydrogens is 178 g/mol. The minimum atomic E-state index is 0.667. The lowest BCUT2D eigenvalue weighted by Gasteiger charge is -1.92. The third-order valence-electron chi connectivity index (χ3n) is 0.987. The summed E-state index contributed by atoms with van der Waals surface area (Å²) in [4.78, 5) is 0. The molecule has 0 rings (SSSR count). The van der Waals surface area contributed by atoms with Crippen LogP contribution in [0.3, 0.4) is 0 Å². The fourth-order valence-electron chi connectivity index (χ4n) is 0.521. The van der Waals surface area contributed by atoms with Crippen molar-refractivity contribution in [2.45, 2.75) is 25.7 Å². The lowest BCUT2D eigenvalue weighted by atomic mass is 10.2. The maximum absolute atomic E-state index is 8.15. The maximum Gasteiger partial charge on any atom is 0.0621 e. The van der Waals surface area contributed by atoms with E-state index >= 15 is 0 Å². The quantitative estimate of drug-likeness (QED) is 0.622. The van der Waals surface area contributed by atoms with Gasteiger partial charge < -0.3 is 0 Å². The molecule has 2 heteroatoms. The molecule has 0 aliphatic carbocycles. The third kappa shape index (κ3) is 7.71. The van der Waals surface area contributed by atoms with Gasteiger partial charge in [0, 0.05) is 6.42 Å². The molecule has 0 unspecified atom stereocenters. The lowest BCUT2D eigenvalue weighted by molar-refractivity contribution is 0.765. The normalized spacial score (nSPS) is 8.44. The van der Waals surface area contributed by atoms with Crippen LogP contribution in [0.1, 0.15) is 25.7 Å². The number of hydrogen-bond acceptors (Lipinski definition) is 1. The van der Waals surface area contributed by atoms with Gasteiger partial charge >= 0.3 is 0 Å². The van der Waals surface area contributed by atoms with E-state index in [0.29, 0.717) is 6.42 Å². The predicted molar refractivity (Wildman–Crippen MR) is 42.1 cm³/mol. The molecule has 0 aliphatic rings. The maximum atomic E-state index is 8.15. The molecule has 0 fully saturated rings. The van der Waals surface area contributed by atoms with Gasteiger partial charge in [-0.05, 0) is 23.7 Å². The van der Waals surface area contributed by atoms with E-state index in [1.54, 1.807) is 0 Å². The molecule has 0 amide bonds. The molecule has 0 aromatic carbocycles. The number of unbranched alkanes of at least 4 members (excludes halogenated alkanes) is 2. The van der Waals surface area contributed by atoms with E-state index in [4.69, 9.17) is 5.26 Å². The highest BCUT2D eigenvalue weighted by Gasteiger charge is 1.88. The first-order chi connectivity index (χ1) is 4.27. The van der Waals surface area contributed by atoms with Crippen molar-refractivity contribution in [2.24, 2.45) is 0 Å². The zero-order chi connectivity index (χ0) is 7.11. The minimum absolute atomic E-state index is 0.667. The first-order valence-corrected chi connectivity index (χ1v) is 3.77. The predicted octanol–water partition coefficient (Wildman–Crippen LogP) is 2.98. The minimum Gasteiger partial charge on any atom is -0.198 e. The summed E-state index contributed by atoms with van der Waals surface area (Å²) in [5.74, 6) is 0. The Hall–Kier alpha value is -0.290. The molecule has 50 valence electrons. The van der Waals surface area contributed by atoms with Gasteiger partial charge in [0.25, 0.3) is 0 Å². The highest BCUT2D eigenvalue weighted by Crippen LogP contribution is 2.11. The van der Waals surface area contributed by atoms with E-state index in [9.17, 15) is 0 Å². The van der Waals surface area contributed by atoms with Crippen LogP contribution >= 0.6 is 15.9 Å². The zero-order valence-corrected chi connectivity index (χ0v) is 6.95. The molecular formula is C7H10BrN. The van der Waals surface area contributed by atoms with Gasteiger partial charge in [-0.2, -0.15) is 5.26 Å². The second-order valence-electron chi connectivity index (χ2n) is 1.88. The first kappa shape index (κ1) is 8.71. The Labute approximate surface area is 64.5 Å². The van der Waals surface area contributed by atoms with E-state index in [2.05, 4.69) is 28.6 Å². The Morgan fingerprint density at radius 2 is 2.22 bits per heavy atom. The van der Waals surface area contributed by atoms with Gasteiger partial charge in [0.2, 0.25) is 0 Å². The largest absolute Gasteiger partial charge is 0.198 e. The van der Waals surface area contributed by atoms with Gasteiger partial charge in [-0.25, -0.2) is 0 Å². The van der Waals surface area contributed by atoms with Gasteiger partial charge in [0.15, 0.2) is 0 Å². The van der Waals surface area contributed by atoms with Crippen LogP contribution in [0.15, 0.2) is 11.1 Å². The average Bonchev–Trinajstić information content (AvgIpc) is 1.80. The van der Waals surface area contributed by atoms with Gasteiger partial charge in [-0.1, -0.05) is 22.5 Å². The number of halogens is 1. The number of nitrogens with zero attached hydrogens (tertiary/aromatic N) is 1. The Morgan fingerprint density at radius 3 is 2.67 bits per heavy atom. The molecule has 1 nitrogen and oxygen atoms in total. The van der Waals surface area contributed by atoms with Crippen molar-refractivity contribution in [1.82, 2.24) is 0 Å². The van der Waals surface area contributed by atoms with E-state index in [0.717, 1.165) is 23.7 Å². The van der Waals surface area contributed by atoms with Gasteiger partial charge in [-0.15, -0.1) is 0 Å². The van der Waals surface area contributed by atoms with Crippen LogP contribution < -0.4 is 0 Å². The second kappa shape index (κ2) is 5.84. The molecule has 0 atom stereocenters. The monoisotopic (exact) mass is 187 g/mol. The number of hydrogen-bond donors (Lipinski definition) is 0. The van der Waals surface area contributed by atoms with Gasteiger partial charge in [0.1, 0.15) is 0 Å². The summed E-state index contributed by atoms with van der Waals surface area (Å²) in [7, 11) is 0. The van der Waals surface area contributed by atoms with Crippen molar-refractivity contribution < 1.29 is 0 Å². The highest BCUT2D eigenvalue weighted by molar-refractivity contribution is 9.11. The first-order valence-electron chi connectivity index (χ1n) is 2.97. The van der Waals surface area contributed by atoms with Crippen LogP contribution in [-0.4, -0.2) is 0 Å². The summed E-state index contributed by atoms with van der Waals surface area (Å²) in [6.45, 7) is 3.69. The Bertz CT molecular complexity index is 123. The molecule has 0 saturated heterocycles. The van der Waals surface area contributed by atoms with Gasteiger partial charge in [-0.3, -0.25) is 0 Å². The van der Waals surface area contributed by atoms with Crippen molar-refractivity contribution in [1.29, 1.82) is 5.26 Å². The summed E-state index contributed by atoms with van der Waals surface area (Å²) in [6.07, 6.45) is 3.71. The summed E-state index contributed by atoms with van der Waals surface area (Å²) in [5, 5.41) is 8.15. The van der Waals surface area contributed by atoms with Gasteiger partial charge in [0.05, 0.1) is 6.07 Å². The topological polar surface area (TPSA) is 23.8 Å². The molecule has 0 radical (unpaired) electrons. The van der Waals surface area contributed by atoms with Crippen LogP contribution in [0.25, 0.3) is 0 Å². The van der Waals surface area contributed by atoms with Crippen molar-refractivity contribution >= 4 is 15.9 Å². The summed E-state index contributed by atoms with van der Waals surface area (Å²) >= 11 is 3.25. The van der Waals surface area contributed by atoms with Crippen LogP contribution in [0, 0.1) is 11.3 Å². The van der Waals surface area contributed by atoms with Crippen LogP contribution in [-0.2, 0) is 0 Å². The van der Waals surface area contributed by atoms with Crippen molar-refractivity contribution in [3.05, 3.63) is 11.1 Å². The average molecular weight is 188 g/mol. The molecule has 0 spiro atoms. The fraction of sp³-hybridized carbons (Fsp3) is 0.571. The van der Waals surface area contributed by atoms with Crippen LogP contribution in [0.5, 0.6) is 0 Å². The summed E-state index contributed by atoms with van der Waals surface area (Å²) in [5.41, 5.74) is 0. The third-order valence-corrected chi connectivity index (χ3v) is 1.38. The van der Waals surface area contributed by atoms with Crippen LogP contribution in [0.2, 0.25) is 0 Å².